The summed E-state index contributed by atoms with van der Waals surface area (Å²) in [6.07, 6.45) is 5.61. The number of aromatic nitrogens is 1. The van der Waals surface area contributed by atoms with Crippen molar-refractivity contribution in [3.05, 3.63) is 150 Å². The Bertz CT molecular complexity index is 1930. The van der Waals surface area contributed by atoms with Crippen LogP contribution in [0, 0.1) is 17.6 Å². The molecule has 0 N–H and O–H groups in total. The molecule has 0 spiro atoms. The highest BCUT2D eigenvalue weighted by atomic mass is 19.1. The highest BCUT2D eigenvalue weighted by molar-refractivity contribution is 5.89. The Kier molecular flexibility index (Phi) is 13.5. The first-order valence-electron chi connectivity index (χ1n) is 17.7. The van der Waals surface area contributed by atoms with Crippen molar-refractivity contribution >= 4 is 17.7 Å². The molecule has 1 aromatic heterocycles. The summed E-state index contributed by atoms with van der Waals surface area (Å²) in [6, 6.07) is 31.6. The fraction of sp³-hybridized carbons (Fsp3) is 0.273. The predicted octanol–water partition coefficient (Wildman–Crippen LogP) is 10.1. The molecule has 1 heterocycles. The van der Waals surface area contributed by atoms with Crippen LogP contribution >= 0.6 is 0 Å². The van der Waals surface area contributed by atoms with Gasteiger partial charge in [-0.1, -0.05) is 91.9 Å². The Balaban J connectivity index is 1.14. The Morgan fingerprint density at radius 1 is 0.673 bits per heavy atom. The summed E-state index contributed by atoms with van der Waals surface area (Å²) in [4.78, 5) is 42.6. The van der Waals surface area contributed by atoms with E-state index in [1.165, 1.54) is 18.3 Å². The number of carbonyl (C=O) groups is 3. The van der Waals surface area contributed by atoms with Gasteiger partial charge in [0, 0.05) is 35.9 Å². The molecule has 4 aromatic carbocycles. The number of hydrogen-bond acceptors (Lipinski definition) is 6. The molecule has 0 bridgehead atoms. The van der Waals surface area contributed by atoms with Crippen molar-refractivity contribution in [1.29, 1.82) is 0 Å². The minimum Gasteiger partial charge on any atom is -0.465 e. The van der Waals surface area contributed by atoms with E-state index in [9.17, 15) is 18.8 Å². The minimum atomic E-state index is -0.802. The van der Waals surface area contributed by atoms with Crippen LogP contribution in [0.1, 0.15) is 79.3 Å². The van der Waals surface area contributed by atoms with E-state index < -0.39 is 23.7 Å². The number of pyridine rings is 1. The van der Waals surface area contributed by atoms with Gasteiger partial charge in [0.15, 0.2) is 0 Å². The van der Waals surface area contributed by atoms with Crippen molar-refractivity contribution in [1.82, 2.24) is 4.98 Å². The number of carbonyl (C=O) groups excluding carboxylic acids is 3. The predicted molar refractivity (Wildman–Crippen MR) is 198 cm³/mol. The number of esters is 2. The standard InChI is InChI=1S/C44H43F2NO5/c1-30(33-17-19-35(20-18-33)39-14-6-7-15-40(39)45)42(48)16-8-10-32(24-27-52-44(50)37-13-9-25-47-29-37)23-26-51-43(49)31(2)38-22-21-36(28-41(38)46)34-11-4-3-5-12-34/h3-7,9,11-15,17-22,25,28-32H,8,10,16,23-24,26-27H2,1-2H3. The van der Waals surface area contributed by atoms with Gasteiger partial charge in [-0.25, -0.2) is 13.6 Å². The molecule has 5 rings (SSSR count). The molecular formula is C44H43F2NO5. The molecule has 8 heteroatoms. The smallest absolute Gasteiger partial charge is 0.339 e. The SMILES string of the molecule is CC(C(=O)CCCC(CCOC(=O)c1cccnc1)CCOC(=O)C(C)c1ccc(-c2ccccc2)cc1F)c1ccc(-c2ccccc2F)cc1. The Hall–Kier alpha value is -5.50. The van der Waals surface area contributed by atoms with Crippen molar-refractivity contribution in [3.63, 3.8) is 0 Å². The maximum absolute atomic E-state index is 15.1. The van der Waals surface area contributed by atoms with Gasteiger partial charge >= 0.3 is 11.9 Å². The quantitative estimate of drug-likeness (QED) is 0.0897. The van der Waals surface area contributed by atoms with Gasteiger partial charge in [0.2, 0.25) is 0 Å². The van der Waals surface area contributed by atoms with Crippen molar-refractivity contribution in [2.45, 2.75) is 57.8 Å². The van der Waals surface area contributed by atoms with Gasteiger partial charge in [-0.05, 0) is 85.0 Å². The number of hydrogen-bond donors (Lipinski definition) is 0. The van der Waals surface area contributed by atoms with Gasteiger partial charge in [-0.3, -0.25) is 14.6 Å². The zero-order chi connectivity index (χ0) is 36.9. The third-order valence-corrected chi connectivity index (χ3v) is 9.47. The lowest BCUT2D eigenvalue weighted by Gasteiger charge is -2.19. The molecule has 6 nitrogen and oxygen atoms in total. The molecule has 0 aliphatic rings. The molecule has 0 saturated heterocycles. The van der Waals surface area contributed by atoms with E-state index in [1.807, 2.05) is 61.5 Å². The van der Waals surface area contributed by atoms with Gasteiger partial charge in [-0.15, -0.1) is 0 Å². The summed E-state index contributed by atoms with van der Waals surface area (Å²) in [5, 5.41) is 0. The lowest BCUT2D eigenvalue weighted by atomic mass is 9.90. The van der Waals surface area contributed by atoms with Gasteiger partial charge in [0.25, 0.3) is 0 Å². The van der Waals surface area contributed by atoms with Crippen LogP contribution in [-0.2, 0) is 19.1 Å². The topological polar surface area (TPSA) is 82.6 Å². The lowest BCUT2D eigenvalue weighted by molar-refractivity contribution is -0.145. The van der Waals surface area contributed by atoms with Crippen LogP contribution in [0.4, 0.5) is 8.78 Å². The molecule has 3 unspecified atom stereocenters. The van der Waals surface area contributed by atoms with E-state index in [1.54, 1.807) is 55.6 Å². The third kappa shape index (κ3) is 10.3. The van der Waals surface area contributed by atoms with Gasteiger partial charge in [0.05, 0.1) is 24.7 Å². The molecule has 0 aliphatic heterocycles. The highest BCUT2D eigenvalue weighted by Gasteiger charge is 2.22. The average Bonchev–Trinajstić information content (AvgIpc) is 3.18. The first kappa shape index (κ1) is 37.7. The molecule has 5 aromatic rings. The number of Topliss-reactive ketones (excluding diaryl/α,β-unsaturated/α-hetero) is 1. The Morgan fingerprint density at radius 3 is 2.06 bits per heavy atom. The zero-order valence-corrected chi connectivity index (χ0v) is 29.5. The van der Waals surface area contributed by atoms with Crippen molar-refractivity contribution in [2.24, 2.45) is 5.92 Å². The van der Waals surface area contributed by atoms with E-state index in [4.69, 9.17) is 9.47 Å². The molecule has 52 heavy (non-hydrogen) atoms. The summed E-state index contributed by atoms with van der Waals surface area (Å²) in [5.41, 5.74) is 4.33. The first-order chi connectivity index (χ1) is 25.2. The number of halogens is 2. The largest absolute Gasteiger partial charge is 0.465 e. The van der Waals surface area contributed by atoms with Gasteiger partial charge in [0.1, 0.15) is 17.4 Å². The third-order valence-electron chi connectivity index (χ3n) is 9.47. The second-order valence-electron chi connectivity index (χ2n) is 13.0. The summed E-state index contributed by atoms with van der Waals surface area (Å²) < 4.78 is 40.5. The van der Waals surface area contributed by atoms with Crippen molar-refractivity contribution < 1.29 is 32.6 Å². The number of ether oxygens (including phenoxy) is 2. The number of benzene rings is 4. The molecular weight excluding hydrogens is 660 g/mol. The van der Waals surface area contributed by atoms with Crippen LogP contribution in [-0.4, -0.2) is 35.9 Å². The molecule has 0 aliphatic carbocycles. The monoisotopic (exact) mass is 703 g/mol. The van der Waals surface area contributed by atoms with Crippen LogP contribution in [0.25, 0.3) is 22.3 Å². The van der Waals surface area contributed by atoms with Crippen LogP contribution in [0.2, 0.25) is 0 Å². The van der Waals surface area contributed by atoms with Crippen LogP contribution in [0.15, 0.2) is 122 Å². The molecule has 0 fully saturated rings. The fourth-order valence-corrected chi connectivity index (χ4v) is 6.20. The van der Waals surface area contributed by atoms with E-state index in [-0.39, 0.29) is 42.2 Å². The fourth-order valence-electron chi connectivity index (χ4n) is 6.20. The Labute approximate surface area is 303 Å². The van der Waals surface area contributed by atoms with Crippen molar-refractivity contribution in [3.8, 4) is 22.3 Å². The normalized spacial score (nSPS) is 12.8. The second kappa shape index (κ2) is 18.7. The lowest BCUT2D eigenvalue weighted by Crippen LogP contribution is -2.18. The van der Waals surface area contributed by atoms with E-state index in [0.717, 1.165) is 22.3 Å². The van der Waals surface area contributed by atoms with Crippen LogP contribution in [0.3, 0.4) is 0 Å². The molecule has 0 radical (unpaired) electrons. The maximum atomic E-state index is 15.1. The molecule has 268 valence electrons. The summed E-state index contributed by atoms with van der Waals surface area (Å²) in [7, 11) is 0. The first-order valence-corrected chi connectivity index (χ1v) is 17.7. The molecule has 0 amide bonds. The van der Waals surface area contributed by atoms with E-state index >= 15 is 4.39 Å². The average molecular weight is 704 g/mol. The van der Waals surface area contributed by atoms with E-state index in [2.05, 4.69) is 4.98 Å². The van der Waals surface area contributed by atoms with Crippen molar-refractivity contribution in [2.75, 3.05) is 13.2 Å². The van der Waals surface area contributed by atoms with E-state index in [0.29, 0.717) is 43.2 Å². The summed E-state index contributed by atoms with van der Waals surface area (Å²) in [6.45, 7) is 3.75. The zero-order valence-electron chi connectivity index (χ0n) is 29.5. The minimum absolute atomic E-state index is 0.00476. The number of rotatable bonds is 17. The molecule has 3 atom stereocenters. The molecule has 0 saturated carbocycles. The Morgan fingerprint density at radius 2 is 1.37 bits per heavy atom. The second-order valence-corrected chi connectivity index (χ2v) is 13.0. The van der Waals surface area contributed by atoms with Gasteiger partial charge in [-0.2, -0.15) is 0 Å². The maximum Gasteiger partial charge on any atom is 0.339 e. The van der Waals surface area contributed by atoms with Crippen LogP contribution in [0.5, 0.6) is 0 Å². The number of nitrogens with zero attached hydrogens (tertiary/aromatic N) is 1. The summed E-state index contributed by atoms with van der Waals surface area (Å²) in [5.74, 6) is -2.83. The highest BCUT2D eigenvalue weighted by Crippen LogP contribution is 2.29. The van der Waals surface area contributed by atoms with Crippen LogP contribution < -0.4 is 0 Å². The number of ketones is 1. The van der Waals surface area contributed by atoms with Gasteiger partial charge < -0.3 is 9.47 Å². The summed E-state index contributed by atoms with van der Waals surface area (Å²) >= 11 is 0.